The van der Waals surface area contributed by atoms with Gasteiger partial charge in [0.1, 0.15) is 11.4 Å². The Labute approximate surface area is 213 Å². The summed E-state index contributed by atoms with van der Waals surface area (Å²) in [6, 6.07) is 16.7. The first-order chi connectivity index (χ1) is 17.4. The van der Waals surface area contributed by atoms with Crippen LogP contribution in [-0.4, -0.2) is 39.4 Å². The maximum atomic E-state index is 9.48. The summed E-state index contributed by atoms with van der Waals surface area (Å²) < 4.78 is 11.1. The van der Waals surface area contributed by atoms with Crippen LogP contribution in [0.3, 0.4) is 0 Å². The highest BCUT2D eigenvalue weighted by Crippen LogP contribution is 2.30. The van der Waals surface area contributed by atoms with Crippen LogP contribution in [0.2, 0.25) is 0 Å². The molecule has 0 saturated carbocycles. The molecule has 0 aliphatic carbocycles. The molecule has 0 unspecified atom stereocenters. The van der Waals surface area contributed by atoms with E-state index >= 15 is 0 Å². The molecule has 3 aromatic heterocycles. The van der Waals surface area contributed by atoms with Gasteiger partial charge in [-0.25, -0.2) is 4.98 Å². The molecular weight excluding hydrogens is 452 g/mol. The van der Waals surface area contributed by atoms with Gasteiger partial charge in [0, 0.05) is 45.4 Å². The number of hydrogen-bond acceptors (Lipinski definition) is 8. The summed E-state index contributed by atoms with van der Waals surface area (Å²) in [5.74, 6) is 0.551. The number of rotatable bonds is 7. The zero-order chi connectivity index (χ0) is 25.1. The van der Waals surface area contributed by atoms with Crippen molar-refractivity contribution in [3.05, 3.63) is 71.8 Å². The van der Waals surface area contributed by atoms with E-state index in [-0.39, 0.29) is 2.85 Å². The predicted octanol–water partition coefficient (Wildman–Crippen LogP) is 5.34. The van der Waals surface area contributed by atoms with Gasteiger partial charge in [0.2, 0.25) is 0 Å². The van der Waals surface area contributed by atoms with Gasteiger partial charge < -0.3 is 14.6 Å². The van der Waals surface area contributed by atoms with Gasteiger partial charge in [-0.2, -0.15) is 5.26 Å². The van der Waals surface area contributed by atoms with E-state index in [1.165, 1.54) is 5.56 Å². The lowest BCUT2D eigenvalue weighted by Crippen LogP contribution is -2.28. The van der Waals surface area contributed by atoms with E-state index in [4.69, 9.17) is 14.2 Å². The fraction of sp³-hybridized carbons (Fsp3) is 0.321. The summed E-state index contributed by atoms with van der Waals surface area (Å²) in [5, 5.41) is 17.3. The minimum Gasteiger partial charge on any atom is -0.380 e. The summed E-state index contributed by atoms with van der Waals surface area (Å²) in [6.45, 7) is 8.00. The van der Waals surface area contributed by atoms with Crippen LogP contribution >= 0.6 is 0 Å². The molecule has 1 N–H and O–H groups in total. The highest BCUT2D eigenvalue weighted by Gasteiger charge is 2.22. The number of ether oxygens (including phenoxy) is 1. The predicted molar refractivity (Wildman–Crippen MR) is 140 cm³/mol. The normalized spacial score (nSPS) is 15.7. The van der Waals surface area contributed by atoms with Crippen molar-refractivity contribution in [3.63, 3.8) is 0 Å². The van der Waals surface area contributed by atoms with Crippen molar-refractivity contribution in [1.29, 1.82) is 5.26 Å². The second-order valence-corrected chi connectivity index (χ2v) is 9.57. The molecule has 4 aromatic rings. The maximum Gasteiger partial charge on any atom is 0.187 e. The monoisotopic (exact) mass is 484 g/mol. The number of benzene rings is 1. The summed E-state index contributed by atoms with van der Waals surface area (Å²) in [5.41, 5.74) is 5.78. The Hall–Kier alpha value is -3.93. The van der Waals surface area contributed by atoms with Crippen LogP contribution in [0.1, 0.15) is 40.1 Å². The lowest BCUT2D eigenvalue weighted by atomic mass is 9.90. The molecule has 0 radical (unpaired) electrons. The average Bonchev–Trinajstić information content (AvgIpc) is 3.61. The molecule has 36 heavy (non-hydrogen) atoms. The van der Waals surface area contributed by atoms with Gasteiger partial charge in [0.25, 0.3) is 0 Å². The van der Waals surface area contributed by atoms with Gasteiger partial charge in [0.15, 0.2) is 5.76 Å². The Kier molecular flexibility index (Phi) is 6.59. The molecule has 1 atom stereocenters. The Morgan fingerprint density at radius 1 is 1.11 bits per heavy atom. The number of hydrogen-bond donors (Lipinski definition) is 1. The molecule has 8 heteroatoms. The molecule has 0 bridgehead atoms. The highest BCUT2D eigenvalue weighted by atomic mass is 16.5. The minimum absolute atomic E-state index is 0. The van der Waals surface area contributed by atoms with E-state index in [9.17, 15) is 5.26 Å². The van der Waals surface area contributed by atoms with E-state index in [0.717, 1.165) is 48.7 Å². The van der Waals surface area contributed by atoms with Crippen LogP contribution in [0.15, 0.2) is 59.4 Å². The molecule has 1 aliphatic heterocycles. The third-order valence-corrected chi connectivity index (χ3v) is 6.45. The molecule has 8 nitrogen and oxygen atoms in total. The molecular formula is C28H32N6O2. The maximum absolute atomic E-state index is 9.48. The number of aromatic nitrogens is 4. The fourth-order valence-corrected chi connectivity index (χ4v) is 4.08. The zero-order valence-electron chi connectivity index (χ0n) is 20.7. The van der Waals surface area contributed by atoms with Crippen molar-refractivity contribution in [2.45, 2.75) is 45.2 Å². The van der Waals surface area contributed by atoms with Gasteiger partial charge in [0.05, 0.1) is 41.4 Å². The van der Waals surface area contributed by atoms with Crippen LogP contribution in [0.5, 0.6) is 0 Å². The first-order valence-corrected chi connectivity index (χ1v) is 12.0. The zero-order valence-corrected chi connectivity index (χ0v) is 20.7. The second-order valence-electron chi connectivity index (χ2n) is 9.57. The summed E-state index contributed by atoms with van der Waals surface area (Å²) in [6.07, 6.45) is 4.47. The number of nitrogens with zero attached hydrogens (tertiary/aromatic N) is 5. The third-order valence-electron chi connectivity index (χ3n) is 6.45. The van der Waals surface area contributed by atoms with Crippen LogP contribution in [0.25, 0.3) is 34.0 Å². The number of nitrogens with one attached hydrogen (secondary N) is 1. The quantitative estimate of drug-likeness (QED) is 0.374. The lowest BCUT2D eigenvalue weighted by molar-refractivity contribution is 0.190. The van der Waals surface area contributed by atoms with E-state index < -0.39 is 5.41 Å². The Bertz CT molecular complexity index is 1410. The van der Waals surface area contributed by atoms with Gasteiger partial charge >= 0.3 is 0 Å². The van der Waals surface area contributed by atoms with Crippen molar-refractivity contribution in [2.75, 3.05) is 13.2 Å². The van der Waals surface area contributed by atoms with Crippen molar-refractivity contribution < 1.29 is 12.1 Å². The van der Waals surface area contributed by atoms with Crippen LogP contribution < -0.4 is 5.32 Å². The Morgan fingerprint density at radius 2 is 1.94 bits per heavy atom. The van der Waals surface area contributed by atoms with Crippen molar-refractivity contribution in [2.24, 2.45) is 0 Å². The third kappa shape index (κ3) is 5.03. The molecule has 1 aromatic carbocycles. The van der Waals surface area contributed by atoms with Crippen molar-refractivity contribution in [3.8, 4) is 40.0 Å². The first-order valence-electron chi connectivity index (χ1n) is 12.0. The number of aryl methyl sites for hydroxylation is 1. The van der Waals surface area contributed by atoms with E-state index in [1.54, 1.807) is 12.4 Å². The molecule has 1 aliphatic rings. The van der Waals surface area contributed by atoms with E-state index in [2.05, 4.69) is 38.6 Å². The Morgan fingerprint density at radius 3 is 2.69 bits per heavy atom. The molecule has 1 fully saturated rings. The van der Waals surface area contributed by atoms with Gasteiger partial charge in [-0.3, -0.25) is 9.97 Å². The van der Waals surface area contributed by atoms with E-state index in [0.29, 0.717) is 28.9 Å². The molecule has 186 valence electrons. The van der Waals surface area contributed by atoms with Gasteiger partial charge in [-0.1, -0.05) is 29.4 Å². The van der Waals surface area contributed by atoms with Crippen molar-refractivity contribution >= 4 is 0 Å². The lowest BCUT2D eigenvalue weighted by Gasteiger charge is -2.15. The van der Waals surface area contributed by atoms with E-state index in [1.807, 2.05) is 51.1 Å². The highest BCUT2D eigenvalue weighted by molar-refractivity contribution is 5.68. The summed E-state index contributed by atoms with van der Waals surface area (Å²) >= 11 is 0. The van der Waals surface area contributed by atoms with Gasteiger partial charge in [-0.15, -0.1) is 0 Å². The molecule has 0 spiro atoms. The average molecular weight is 485 g/mol. The molecule has 5 rings (SSSR count). The summed E-state index contributed by atoms with van der Waals surface area (Å²) in [4.78, 5) is 13.7. The number of pyridine rings is 1. The topological polar surface area (TPSA) is 110 Å². The summed E-state index contributed by atoms with van der Waals surface area (Å²) in [7, 11) is 0. The fourth-order valence-electron chi connectivity index (χ4n) is 4.08. The minimum atomic E-state index is -0.701. The number of nitriles is 1. The Balaban J connectivity index is 0.00000200. The van der Waals surface area contributed by atoms with Crippen molar-refractivity contribution in [1.82, 2.24) is 25.4 Å². The van der Waals surface area contributed by atoms with Crippen LogP contribution in [0.4, 0.5) is 0 Å². The molecule has 4 heterocycles. The van der Waals surface area contributed by atoms with Gasteiger partial charge in [-0.05, 0) is 44.9 Å². The largest absolute Gasteiger partial charge is 0.380 e. The standard InChI is InChI=1S/C28H28N6O2.2H2/c1-18-27(33-24(15-31-18)21-8-10-30-26(12-21)28(2,3)17-29)25-13-23(34-36-25)20-6-4-19(5-7-20)14-32-22-9-11-35-16-22;;/h4-8,10,12-13,15,22,32H,9,11,14,16H2,1-3H3;2*1H/t22-;;/m0../s1. The SMILES string of the molecule is Cc1ncc(-c2ccnc(C(C)(C)C#N)c2)nc1-c1cc(-c2ccc(CN[C@H]3CCOC3)cc2)no1.[HH].[HH]. The first kappa shape index (κ1) is 23.8. The smallest absolute Gasteiger partial charge is 0.187 e. The molecule has 0 amide bonds. The second kappa shape index (κ2) is 9.97. The molecule has 1 saturated heterocycles. The van der Waals surface area contributed by atoms with Crippen LogP contribution in [0, 0.1) is 18.3 Å². The van der Waals surface area contributed by atoms with Crippen LogP contribution in [-0.2, 0) is 16.7 Å².